The van der Waals surface area contributed by atoms with Gasteiger partial charge in [-0.05, 0) is 31.0 Å². The van der Waals surface area contributed by atoms with E-state index in [9.17, 15) is 36.9 Å². The quantitative estimate of drug-likeness (QED) is 0.676. The molecule has 1 unspecified atom stereocenters. The molecule has 5 nitrogen and oxygen atoms in total. The number of nitrogens with zero attached hydrogens (tertiary/aromatic N) is 3. The first-order valence-corrected chi connectivity index (χ1v) is 8.59. The summed E-state index contributed by atoms with van der Waals surface area (Å²) in [4.78, 5) is 0. The molecule has 1 atom stereocenters. The predicted molar refractivity (Wildman–Crippen MR) is 93.3 cm³/mol. The number of allylic oxidation sites excluding steroid dienone is 4. The molecule has 2 N–H and O–H groups in total. The van der Waals surface area contributed by atoms with Crippen LogP contribution in [0.4, 0.5) is 26.3 Å². The summed E-state index contributed by atoms with van der Waals surface area (Å²) in [5.74, 6) is -1.46. The van der Waals surface area contributed by atoms with Gasteiger partial charge in [0.15, 0.2) is 0 Å². The maximum Gasteiger partial charge on any atom is 0.432 e. The highest BCUT2D eigenvalue weighted by Crippen LogP contribution is 2.43. The summed E-state index contributed by atoms with van der Waals surface area (Å²) in [6.07, 6.45) is -11.9. The number of hydrogen-bond acceptors (Lipinski definition) is 4. The molecule has 2 heterocycles. The Kier molecular flexibility index (Phi) is 5.25. The van der Waals surface area contributed by atoms with Crippen LogP contribution in [0.5, 0.6) is 0 Å². The number of nitriles is 2. The molecule has 0 aliphatic carbocycles. The summed E-state index contributed by atoms with van der Waals surface area (Å²) >= 11 is 0. The van der Waals surface area contributed by atoms with E-state index >= 15 is 0 Å². The minimum absolute atomic E-state index is 0.174. The third kappa shape index (κ3) is 3.96. The van der Waals surface area contributed by atoms with Gasteiger partial charge in [-0.2, -0.15) is 42.0 Å². The highest BCUT2D eigenvalue weighted by Gasteiger charge is 2.44. The smallest absolute Gasteiger partial charge is 0.353 e. The fourth-order valence-corrected chi connectivity index (χ4v) is 3.36. The maximum absolute atomic E-state index is 13.6. The van der Waals surface area contributed by atoms with Gasteiger partial charge in [0.05, 0.1) is 40.4 Å². The summed E-state index contributed by atoms with van der Waals surface area (Å²) in [5.41, 5.74) is -1.81. The maximum atomic E-state index is 13.6. The van der Waals surface area contributed by atoms with Gasteiger partial charge >= 0.3 is 12.4 Å². The van der Waals surface area contributed by atoms with Crippen molar-refractivity contribution in [2.24, 2.45) is 0 Å². The normalized spacial score (nSPS) is 17.7. The van der Waals surface area contributed by atoms with E-state index in [1.807, 2.05) is 5.32 Å². The molecule has 0 bridgehead atoms. The number of rotatable bonds is 3. The van der Waals surface area contributed by atoms with E-state index in [1.165, 1.54) is 24.3 Å². The van der Waals surface area contributed by atoms with Gasteiger partial charge in [0, 0.05) is 17.5 Å². The summed E-state index contributed by atoms with van der Waals surface area (Å²) in [7, 11) is 0. The Labute approximate surface area is 166 Å². The Morgan fingerprint density at radius 1 is 1.07 bits per heavy atom. The molecule has 2 aromatic rings. The van der Waals surface area contributed by atoms with Crippen molar-refractivity contribution < 1.29 is 26.3 Å². The number of aromatic amines is 1. The van der Waals surface area contributed by atoms with Gasteiger partial charge in [0.1, 0.15) is 5.70 Å². The van der Waals surface area contributed by atoms with E-state index in [2.05, 4.69) is 10.2 Å². The lowest BCUT2D eigenvalue weighted by Gasteiger charge is -2.30. The van der Waals surface area contributed by atoms with Crippen molar-refractivity contribution in [3.63, 3.8) is 0 Å². The molecule has 1 aromatic heterocycles. The molecule has 1 aliphatic heterocycles. The lowest BCUT2D eigenvalue weighted by molar-refractivity contribution is -0.134. The Hall–Kier alpha value is -3.47. The molecule has 1 aliphatic rings. The largest absolute Gasteiger partial charge is 0.432 e. The number of fused-ring (bicyclic) bond motifs is 1. The van der Waals surface area contributed by atoms with Crippen LogP contribution in [-0.2, 0) is 0 Å². The van der Waals surface area contributed by atoms with Gasteiger partial charge in [0.2, 0.25) is 0 Å². The van der Waals surface area contributed by atoms with Gasteiger partial charge in [-0.3, -0.25) is 5.10 Å². The van der Waals surface area contributed by atoms with Gasteiger partial charge in [-0.1, -0.05) is 6.07 Å². The van der Waals surface area contributed by atoms with E-state index in [4.69, 9.17) is 0 Å². The fraction of sp³-hybridized carbons (Fsp3) is 0.316. The van der Waals surface area contributed by atoms with Crippen LogP contribution in [0, 0.1) is 29.6 Å². The number of aromatic nitrogens is 2. The first kappa shape index (κ1) is 21.2. The lowest BCUT2D eigenvalue weighted by Crippen LogP contribution is -2.34. The topological polar surface area (TPSA) is 88.3 Å². The molecule has 11 heteroatoms. The number of halogens is 6. The van der Waals surface area contributed by atoms with Crippen molar-refractivity contribution in [1.82, 2.24) is 15.5 Å². The molecule has 3 rings (SSSR count). The van der Waals surface area contributed by atoms with Gasteiger partial charge in [-0.25, -0.2) is 0 Å². The fourth-order valence-electron chi connectivity index (χ4n) is 3.36. The molecular weight excluding hydrogens is 412 g/mol. The van der Waals surface area contributed by atoms with Crippen molar-refractivity contribution >= 4 is 10.9 Å². The molecule has 1 aromatic carbocycles. The van der Waals surface area contributed by atoms with Crippen LogP contribution < -0.4 is 5.32 Å². The molecule has 0 fully saturated rings. The number of alkyl halides is 6. The average Bonchev–Trinajstić information content (AvgIpc) is 3.03. The molecule has 156 valence electrons. The summed E-state index contributed by atoms with van der Waals surface area (Å²) < 4.78 is 78.9. The van der Waals surface area contributed by atoms with E-state index in [0.29, 0.717) is 16.6 Å². The summed E-state index contributed by atoms with van der Waals surface area (Å²) in [6.45, 7) is 1.66. The summed E-state index contributed by atoms with van der Waals surface area (Å²) in [5, 5.41) is 28.2. The molecule has 0 spiro atoms. The third-order valence-electron chi connectivity index (χ3n) is 4.74. The zero-order valence-corrected chi connectivity index (χ0v) is 15.3. The highest BCUT2D eigenvalue weighted by atomic mass is 19.4. The van der Waals surface area contributed by atoms with Crippen molar-refractivity contribution in [3.05, 3.63) is 52.0 Å². The van der Waals surface area contributed by atoms with Crippen LogP contribution >= 0.6 is 0 Å². The number of dihydropyridines is 1. The molecule has 0 amide bonds. The standard InChI is InChI=1S/C19H13F6N5/c1-9-11-6-10(2-3-15(11)30-29-9)16-12(7-26)14(4-5-18(20,21)22)28-17(13(16)8-27)19(23,24)25/h2-3,6,16,28H,4-5H2,1H3,(H,29,30). The molecule has 0 radical (unpaired) electrons. The van der Waals surface area contributed by atoms with Gasteiger partial charge in [0.25, 0.3) is 0 Å². The third-order valence-corrected chi connectivity index (χ3v) is 4.74. The van der Waals surface area contributed by atoms with E-state index in [-0.39, 0.29) is 11.1 Å². The number of nitrogens with one attached hydrogen (secondary N) is 2. The average molecular weight is 425 g/mol. The predicted octanol–water partition coefficient (Wildman–Crippen LogP) is 5.02. The molecular formula is C19H13F6N5. The Bertz CT molecular complexity index is 1140. The minimum Gasteiger partial charge on any atom is -0.353 e. The Morgan fingerprint density at radius 3 is 2.30 bits per heavy atom. The first-order chi connectivity index (χ1) is 14.0. The van der Waals surface area contributed by atoms with E-state index in [0.717, 1.165) is 0 Å². The first-order valence-electron chi connectivity index (χ1n) is 8.59. The van der Waals surface area contributed by atoms with Crippen LogP contribution in [0.2, 0.25) is 0 Å². The SMILES string of the molecule is Cc1n[nH]c2ccc(C3C(C#N)=C(CCC(F)(F)F)NC(C(F)(F)F)=C3C#N)cc12. The lowest BCUT2D eigenvalue weighted by atomic mass is 9.80. The second-order valence-corrected chi connectivity index (χ2v) is 6.69. The Morgan fingerprint density at radius 2 is 1.73 bits per heavy atom. The second-order valence-electron chi connectivity index (χ2n) is 6.69. The Balaban J connectivity index is 2.23. The molecule has 30 heavy (non-hydrogen) atoms. The summed E-state index contributed by atoms with van der Waals surface area (Å²) in [6, 6.07) is 7.62. The van der Waals surface area contributed by atoms with Crippen LogP contribution in [0.25, 0.3) is 10.9 Å². The van der Waals surface area contributed by atoms with Crippen LogP contribution in [-0.4, -0.2) is 22.5 Å². The number of hydrogen-bond donors (Lipinski definition) is 2. The second kappa shape index (κ2) is 7.41. The zero-order valence-electron chi connectivity index (χ0n) is 15.3. The number of aryl methyl sites for hydroxylation is 1. The van der Waals surface area contributed by atoms with Crippen molar-refractivity contribution in [3.8, 4) is 12.1 Å². The van der Waals surface area contributed by atoms with E-state index < -0.39 is 48.1 Å². The number of benzene rings is 1. The molecule has 0 saturated carbocycles. The van der Waals surface area contributed by atoms with Gasteiger partial charge in [-0.15, -0.1) is 0 Å². The number of H-pyrrole nitrogens is 1. The van der Waals surface area contributed by atoms with Crippen LogP contribution in [0.3, 0.4) is 0 Å². The highest BCUT2D eigenvalue weighted by molar-refractivity contribution is 5.82. The van der Waals surface area contributed by atoms with Crippen molar-refractivity contribution in [2.75, 3.05) is 0 Å². The van der Waals surface area contributed by atoms with Crippen LogP contribution in [0.1, 0.15) is 30.0 Å². The van der Waals surface area contributed by atoms with Crippen molar-refractivity contribution in [1.29, 1.82) is 10.5 Å². The molecule has 0 saturated heterocycles. The van der Waals surface area contributed by atoms with Gasteiger partial charge < -0.3 is 5.32 Å². The van der Waals surface area contributed by atoms with Crippen LogP contribution in [0.15, 0.2) is 40.7 Å². The van der Waals surface area contributed by atoms with E-state index in [1.54, 1.807) is 13.0 Å². The zero-order chi connectivity index (χ0) is 22.3. The van der Waals surface area contributed by atoms with Crippen molar-refractivity contribution in [2.45, 2.75) is 38.0 Å². The monoisotopic (exact) mass is 425 g/mol. The minimum atomic E-state index is -5.02.